The van der Waals surface area contributed by atoms with E-state index in [4.69, 9.17) is 10.5 Å². The Morgan fingerprint density at radius 1 is 1.29 bits per heavy atom. The molecular weight excluding hydrogens is 212 g/mol. The summed E-state index contributed by atoms with van der Waals surface area (Å²) in [5.41, 5.74) is 8.73. The first kappa shape index (κ1) is 12.4. The largest absolute Gasteiger partial charge is 0.380 e. The van der Waals surface area contributed by atoms with Crippen molar-refractivity contribution in [2.75, 3.05) is 31.2 Å². The van der Waals surface area contributed by atoms with Gasteiger partial charge in [-0.25, -0.2) is 0 Å². The number of rotatable bonds is 3. The van der Waals surface area contributed by atoms with Gasteiger partial charge in [-0.1, -0.05) is 25.1 Å². The minimum absolute atomic E-state index is 0.135. The molecule has 1 aliphatic heterocycles. The highest BCUT2D eigenvalue weighted by Crippen LogP contribution is 2.27. The van der Waals surface area contributed by atoms with Crippen molar-refractivity contribution < 1.29 is 4.74 Å². The third-order valence-electron chi connectivity index (χ3n) is 3.34. The Labute approximate surface area is 104 Å². The van der Waals surface area contributed by atoms with Crippen LogP contribution in [-0.4, -0.2) is 26.3 Å². The zero-order valence-corrected chi connectivity index (χ0v) is 10.6. The molecule has 1 aromatic rings. The van der Waals surface area contributed by atoms with Gasteiger partial charge in [0.2, 0.25) is 0 Å². The van der Waals surface area contributed by atoms with E-state index in [1.54, 1.807) is 0 Å². The summed E-state index contributed by atoms with van der Waals surface area (Å²) < 4.78 is 5.50. The molecule has 94 valence electrons. The van der Waals surface area contributed by atoms with Crippen LogP contribution in [-0.2, 0) is 4.74 Å². The van der Waals surface area contributed by atoms with Crippen LogP contribution in [0.3, 0.4) is 0 Å². The standard InChI is InChI=1S/C14H22N2O/c1-2-13(15)12-6-3-4-7-14(12)16-8-5-10-17-11-9-16/h3-4,6-7,13H,2,5,8-11,15H2,1H3. The van der Waals surface area contributed by atoms with E-state index in [0.717, 1.165) is 39.1 Å². The molecule has 1 aromatic carbocycles. The second-order valence-electron chi connectivity index (χ2n) is 4.53. The lowest BCUT2D eigenvalue weighted by Gasteiger charge is -2.26. The van der Waals surface area contributed by atoms with Gasteiger partial charge >= 0.3 is 0 Å². The van der Waals surface area contributed by atoms with Crippen molar-refractivity contribution in [3.8, 4) is 0 Å². The second kappa shape index (κ2) is 6.03. The Morgan fingerprint density at radius 2 is 2.12 bits per heavy atom. The lowest BCUT2D eigenvalue weighted by molar-refractivity contribution is 0.152. The van der Waals surface area contributed by atoms with Crippen LogP contribution < -0.4 is 10.6 Å². The number of anilines is 1. The van der Waals surface area contributed by atoms with E-state index in [-0.39, 0.29) is 6.04 Å². The molecule has 3 heteroatoms. The number of hydrogen-bond donors (Lipinski definition) is 1. The van der Waals surface area contributed by atoms with Gasteiger partial charge in [0, 0.05) is 31.4 Å². The minimum Gasteiger partial charge on any atom is -0.380 e. The van der Waals surface area contributed by atoms with Gasteiger partial charge in [0.1, 0.15) is 0 Å². The number of benzene rings is 1. The molecule has 0 bridgehead atoms. The number of nitrogens with two attached hydrogens (primary N) is 1. The zero-order chi connectivity index (χ0) is 12.1. The zero-order valence-electron chi connectivity index (χ0n) is 10.6. The molecule has 2 N–H and O–H groups in total. The maximum Gasteiger partial charge on any atom is 0.0641 e. The van der Waals surface area contributed by atoms with Crippen LogP contribution in [0.4, 0.5) is 5.69 Å². The van der Waals surface area contributed by atoms with Crippen LogP contribution in [0.2, 0.25) is 0 Å². The maximum absolute atomic E-state index is 6.18. The fourth-order valence-electron chi connectivity index (χ4n) is 2.30. The molecule has 1 atom stereocenters. The predicted molar refractivity (Wildman–Crippen MR) is 71.3 cm³/mol. The highest BCUT2D eigenvalue weighted by Gasteiger charge is 2.15. The van der Waals surface area contributed by atoms with Gasteiger partial charge in [-0.05, 0) is 24.5 Å². The molecule has 2 rings (SSSR count). The van der Waals surface area contributed by atoms with E-state index in [1.165, 1.54) is 11.3 Å². The molecule has 0 saturated carbocycles. The van der Waals surface area contributed by atoms with Gasteiger partial charge in [0.05, 0.1) is 6.61 Å². The first-order valence-electron chi connectivity index (χ1n) is 6.50. The Morgan fingerprint density at radius 3 is 2.94 bits per heavy atom. The number of ether oxygens (including phenoxy) is 1. The smallest absolute Gasteiger partial charge is 0.0641 e. The minimum atomic E-state index is 0.135. The number of nitrogens with zero attached hydrogens (tertiary/aromatic N) is 1. The summed E-state index contributed by atoms with van der Waals surface area (Å²) >= 11 is 0. The number of para-hydroxylation sites is 1. The summed E-state index contributed by atoms with van der Waals surface area (Å²) in [5.74, 6) is 0. The predicted octanol–water partition coefficient (Wildman–Crippen LogP) is 2.32. The molecule has 0 radical (unpaired) electrons. The Balaban J connectivity index is 2.23. The lowest BCUT2D eigenvalue weighted by Crippen LogP contribution is -2.28. The molecule has 0 spiro atoms. The third-order valence-corrected chi connectivity index (χ3v) is 3.34. The fraction of sp³-hybridized carbons (Fsp3) is 0.571. The maximum atomic E-state index is 6.18. The summed E-state index contributed by atoms with van der Waals surface area (Å²) in [6.45, 7) is 5.85. The van der Waals surface area contributed by atoms with Crippen LogP contribution in [0, 0.1) is 0 Å². The fourth-order valence-corrected chi connectivity index (χ4v) is 2.30. The van der Waals surface area contributed by atoms with Gasteiger partial charge in [0.25, 0.3) is 0 Å². The molecular formula is C14H22N2O. The lowest BCUT2D eigenvalue weighted by atomic mass is 10.0. The van der Waals surface area contributed by atoms with Crippen LogP contribution >= 0.6 is 0 Å². The molecule has 0 aromatic heterocycles. The molecule has 1 saturated heterocycles. The summed E-state index contributed by atoms with van der Waals surface area (Å²) in [6.07, 6.45) is 2.07. The summed E-state index contributed by atoms with van der Waals surface area (Å²) in [4.78, 5) is 2.40. The van der Waals surface area contributed by atoms with E-state index in [1.807, 2.05) is 0 Å². The van der Waals surface area contributed by atoms with Crippen molar-refractivity contribution in [1.82, 2.24) is 0 Å². The summed E-state index contributed by atoms with van der Waals surface area (Å²) in [7, 11) is 0. The van der Waals surface area contributed by atoms with Crippen molar-refractivity contribution in [1.29, 1.82) is 0 Å². The Kier molecular flexibility index (Phi) is 4.40. The van der Waals surface area contributed by atoms with Crippen molar-refractivity contribution in [2.45, 2.75) is 25.8 Å². The molecule has 3 nitrogen and oxygen atoms in total. The summed E-state index contributed by atoms with van der Waals surface area (Å²) in [6, 6.07) is 8.62. The van der Waals surface area contributed by atoms with Crippen molar-refractivity contribution in [3.63, 3.8) is 0 Å². The summed E-state index contributed by atoms with van der Waals surface area (Å²) in [5, 5.41) is 0. The van der Waals surface area contributed by atoms with Gasteiger partial charge in [-0.2, -0.15) is 0 Å². The van der Waals surface area contributed by atoms with Crippen LogP contribution in [0.25, 0.3) is 0 Å². The third kappa shape index (κ3) is 2.99. The molecule has 0 aliphatic carbocycles. The van der Waals surface area contributed by atoms with Crippen LogP contribution in [0.5, 0.6) is 0 Å². The van der Waals surface area contributed by atoms with Crippen LogP contribution in [0.1, 0.15) is 31.4 Å². The van der Waals surface area contributed by atoms with Gasteiger partial charge < -0.3 is 15.4 Å². The van der Waals surface area contributed by atoms with Crippen molar-refractivity contribution in [2.24, 2.45) is 5.73 Å². The average Bonchev–Trinajstić information content (AvgIpc) is 2.66. The highest BCUT2D eigenvalue weighted by atomic mass is 16.5. The SMILES string of the molecule is CCC(N)c1ccccc1N1CCCOCC1. The Bertz CT molecular complexity index is 346. The first-order valence-corrected chi connectivity index (χ1v) is 6.50. The molecule has 0 amide bonds. The van der Waals surface area contributed by atoms with Crippen molar-refractivity contribution >= 4 is 5.69 Å². The molecule has 1 unspecified atom stereocenters. The first-order chi connectivity index (χ1) is 8.33. The number of hydrogen-bond acceptors (Lipinski definition) is 3. The monoisotopic (exact) mass is 234 g/mol. The average molecular weight is 234 g/mol. The van der Waals surface area contributed by atoms with Crippen LogP contribution in [0.15, 0.2) is 24.3 Å². The molecule has 1 heterocycles. The van der Waals surface area contributed by atoms with E-state index in [9.17, 15) is 0 Å². The van der Waals surface area contributed by atoms with Gasteiger partial charge in [-0.15, -0.1) is 0 Å². The molecule has 1 fully saturated rings. The highest BCUT2D eigenvalue weighted by molar-refractivity contribution is 5.55. The van der Waals surface area contributed by atoms with E-state index in [0.29, 0.717) is 0 Å². The van der Waals surface area contributed by atoms with E-state index in [2.05, 4.69) is 36.1 Å². The molecule has 17 heavy (non-hydrogen) atoms. The Hall–Kier alpha value is -1.06. The van der Waals surface area contributed by atoms with E-state index >= 15 is 0 Å². The van der Waals surface area contributed by atoms with Gasteiger partial charge in [0.15, 0.2) is 0 Å². The molecule has 1 aliphatic rings. The topological polar surface area (TPSA) is 38.5 Å². The van der Waals surface area contributed by atoms with Gasteiger partial charge in [-0.3, -0.25) is 0 Å². The van der Waals surface area contributed by atoms with Crippen molar-refractivity contribution in [3.05, 3.63) is 29.8 Å². The van der Waals surface area contributed by atoms with E-state index < -0.39 is 0 Å². The quantitative estimate of drug-likeness (QED) is 0.872. The second-order valence-corrected chi connectivity index (χ2v) is 4.53. The normalized spacial score (nSPS) is 18.8.